The van der Waals surface area contributed by atoms with Crippen molar-refractivity contribution in [1.82, 2.24) is 10.3 Å². The zero-order valence-electron chi connectivity index (χ0n) is 17.9. The summed E-state index contributed by atoms with van der Waals surface area (Å²) in [6.07, 6.45) is 3.38. The molecule has 1 aliphatic heterocycles. The lowest BCUT2D eigenvalue weighted by molar-refractivity contribution is -0.117. The van der Waals surface area contributed by atoms with E-state index < -0.39 is 5.91 Å². The van der Waals surface area contributed by atoms with Gasteiger partial charge in [0.1, 0.15) is 23.8 Å². The molecule has 0 saturated heterocycles. The molecule has 1 aromatic carbocycles. The summed E-state index contributed by atoms with van der Waals surface area (Å²) in [5.74, 6) is 0.273. The van der Waals surface area contributed by atoms with Crippen molar-refractivity contribution in [3.63, 3.8) is 0 Å². The van der Waals surface area contributed by atoms with E-state index in [1.165, 1.54) is 7.05 Å². The summed E-state index contributed by atoms with van der Waals surface area (Å²) in [5, 5.41) is 8.55. The van der Waals surface area contributed by atoms with E-state index in [1.54, 1.807) is 25.4 Å². The van der Waals surface area contributed by atoms with Gasteiger partial charge in [-0.2, -0.15) is 0 Å². The number of carbonyl (C=O) groups is 2. The molecule has 4 rings (SSSR count). The van der Waals surface area contributed by atoms with Crippen molar-refractivity contribution in [2.45, 2.75) is 12.8 Å². The minimum Gasteiger partial charge on any atom is -0.486 e. The third-order valence-electron chi connectivity index (χ3n) is 5.28. The first kappa shape index (κ1) is 21.2. The topological polar surface area (TPSA) is 157 Å². The number of nitrogens with two attached hydrogens (primary N) is 2. The predicted molar refractivity (Wildman–Crippen MR) is 124 cm³/mol. The van der Waals surface area contributed by atoms with Crippen LogP contribution in [0.2, 0.25) is 0 Å². The van der Waals surface area contributed by atoms with Gasteiger partial charge in [-0.25, -0.2) is 4.98 Å². The maximum absolute atomic E-state index is 12.5. The van der Waals surface area contributed by atoms with Crippen LogP contribution in [0, 0.1) is 5.92 Å². The molecule has 1 aliphatic carbocycles. The molecule has 0 spiro atoms. The van der Waals surface area contributed by atoms with Gasteiger partial charge in [0.05, 0.1) is 17.1 Å². The van der Waals surface area contributed by atoms with Crippen molar-refractivity contribution in [2.24, 2.45) is 16.6 Å². The van der Waals surface area contributed by atoms with Gasteiger partial charge >= 0.3 is 0 Å². The standard InChI is InChI=1S/C22H25N7O3/c1-25-9-12-10-32-19-13(18(12)23)4-3-5-14(19)27-15-8-16(29-21(30)11-6-7-11)28-20(24)17(15)22(31)26-2/h3-5,8-9,11H,6-7,10,23H2,1-2H3,(H,26,31)(H4,24,27,28,29,30). The summed E-state index contributed by atoms with van der Waals surface area (Å²) in [6, 6.07) is 7.05. The van der Waals surface area contributed by atoms with Crippen molar-refractivity contribution in [3.05, 3.63) is 41.0 Å². The van der Waals surface area contributed by atoms with Gasteiger partial charge in [0.15, 0.2) is 5.75 Å². The normalized spacial score (nSPS) is 15.2. The van der Waals surface area contributed by atoms with Crippen LogP contribution in [0.15, 0.2) is 34.8 Å². The van der Waals surface area contributed by atoms with Gasteiger partial charge in [-0.1, -0.05) is 6.07 Å². The number of pyridine rings is 1. The van der Waals surface area contributed by atoms with Crippen LogP contribution < -0.4 is 32.2 Å². The van der Waals surface area contributed by atoms with E-state index in [-0.39, 0.29) is 35.6 Å². The fraction of sp³-hybridized carbons (Fsp3) is 0.273. The molecule has 166 valence electrons. The van der Waals surface area contributed by atoms with Crippen molar-refractivity contribution < 1.29 is 14.3 Å². The van der Waals surface area contributed by atoms with E-state index in [1.807, 2.05) is 12.1 Å². The lowest BCUT2D eigenvalue weighted by Crippen LogP contribution is -2.23. The van der Waals surface area contributed by atoms with Crippen LogP contribution in [0.5, 0.6) is 5.75 Å². The van der Waals surface area contributed by atoms with Crippen LogP contribution in [-0.2, 0) is 4.79 Å². The minimum absolute atomic E-state index is 0.00166. The molecule has 1 fully saturated rings. The maximum Gasteiger partial charge on any atom is 0.256 e. The molecule has 32 heavy (non-hydrogen) atoms. The highest BCUT2D eigenvalue weighted by molar-refractivity contribution is 6.06. The van der Waals surface area contributed by atoms with Crippen molar-refractivity contribution in [2.75, 3.05) is 37.1 Å². The number of ether oxygens (including phenoxy) is 1. The van der Waals surface area contributed by atoms with Crippen molar-refractivity contribution >= 4 is 46.7 Å². The number of hydrogen-bond acceptors (Lipinski definition) is 8. The van der Waals surface area contributed by atoms with E-state index in [4.69, 9.17) is 16.2 Å². The second-order valence-electron chi connectivity index (χ2n) is 7.58. The number of fused-ring (bicyclic) bond motifs is 1. The molecule has 10 heteroatoms. The third kappa shape index (κ3) is 4.07. The van der Waals surface area contributed by atoms with Crippen molar-refractivity contribution in [3.8, 4) is 5.75 Å². The number of benzene rings is 1. The van der Waals surface area contributed by atoms with E-state index in [9.17, 15) is 9.59 Å². The zero-order valence-corrected chi connectivity index (χ0v) is 17.9. The largest absolute Gasteiger partial charge is 0.486 e. The average Bonchev–Trinajstić information content (AvgIpc) is 3.61. The SMILES string of the molecule is CN=CC1=C(N)c2cccc(Nc3cc(NC(=O)C4CC4)nc(N)c3C(=O)NC)c2OC1. The van der Waals surface area contributed by atoms with Crippen LogP contribution in [0.25, 0.3) is 5.70 Å². The first-order valence-corrected chi connectivity index (χ1v) is 10.2. The second-order valence-corrected chi connectivity index (χ2v) is 7.58. The first-order valence-electron chi connectivity index (χ1n) is 10.2. The number of carbonyl (C=O) groups excluding carboxylic acids is 2. The molecule has 2 heterocycles. The zero-order chi connectivity index (χ0) is 22.8. The summed E-state index contributed by atoms with van der Waals surface area (Å²) >= 11 is 0. The quantitative estimate of drug-likeness (QED) is 0.434. The molecule has 2 aromatic rings. The summed E-state index contributed by atoms with van der Waals surface area (Å²) in [4.78, 5) is 32.9. The minimum atomic E-state index is -0.413. The van der Waals surface area contributed by atoms with Crippen LogP contribution in [0.4, 0.5) is 23.0 Å². The number of aliphatic imine (C=N–C) groups is 1. The Morgan fingerprint density at radius 3 is 2.72 bits per heavy atom. The summed E-state index contributed by atoms with van der Waals surface area (Å²) in [7, 11) is 3.17. The number of anilines is 4. The number of nitrogens with one attached hydrogen (secondary N) is 3. The fourth-order valence-corrected chi connectivity index (χ4v) is 3.48. The Morgan fingerprint density at radius 1 is 1.25 bits per heavy atom. The van der Waals surface area contributed by atoms with Gasteiger partial charge in [-0.05, 0) is 25.0 Å². The lowest BCUT2D eigenvalue weighted by Gasteiger charge is -2.23. The van der Waals surface area contributed by atoms with E-state index in [0.29, 0.717) is 28.4 Å². The van der Waals surface area contributed by atoms with Crippen LogP contribution in [0.1, 0.15) is 28.8 Å². The van der Waals surface area contributed by atoms with E-state index in [0.717, 1.165) is 18.4 Å². The number of para-hydroxylation sites is 1. The molecule has 1 aromatic heterocycles. The van der Waals surface area contributed by atoms with Crippen molar-refractivity contribution in [1.29, 1.82) is 0 Å². The van der Waals surface area contributed by atoms with E-state index >= 15 is 0 Å². The Hall–Kier alpha value is -4.08. The number of nitrogens with zero attached hydrogens (tertiary/aromatic N) is 2. The average molecular weight is 435 g/mol. The molecular formula is C22H25N7O3. The molecule has 0 unspecified atom stereocenters. The number of hydrogen-bond donors (Lipinski definition) is 5. The number of nitrogen functional groups attached to an aromatic ring is 1. The Labute approximate surface area is 185 Å². The first-order chi connectivity index (χ1) is 15.4. The smallest absolute Gasteiger partial charge is 0.256 e. The molecular weight excluding hydrogens is 410 g/mol. The Kier molecular flexibility index (Phi) is 5.67. The molecule has 7 N–H and O–H groups in total. The highest BCUT2D eigenvalue weighted by Crippen LogP contribution is 2.39. The Bertz CT molecular complexity index is 1150. The maximum atomic E-state index is 12.5. The Morgan fingerprint density at radius 2 is 2.03 bits per heavy atom. The van der Waals surface area contributed by atoms with Gasteiger partial charge in [0.2, 0.25) is 5.91 Å². The van der Waals surface area contributed by atoms with E-state index in [2.05, 4.69) is 25.9 Å². The molecule has 2 aliphatic rings. The highest BCUT2D eigenvalue weighted by Gasteiger charge is 2.30. The second kappa shape index (κ2) is 8.58. The monoisotopic (exact) mass is 435 g/mol. The lowest BCUT2D eigenvalue weighted by atomic mass is 10.0. The van der Waals surface area contributed by atoms with Gasteiger partial charge < -0.3 is 32.2 Å². The molecule has 0 bridgehead atoms. The van der Waals surface area contributed by atoms with Crippen LogP contribution in [0.3, 0.4) is 0 Å². The van der Waals surface area contributed by atoms with Crippen LogP contribution in [-0.4, -0.2) is 43.7 Å². The fourth-order valence-electron chi connectivity index (χ4n) is 3.48. The molecule has 1 saturated carbocycles. The predicted octanol–water partition coefficient (Wildman–Crippen LogP) is 1.88. The third-order valence-corrected chi connectivity index (χ3v) is 5.28. The Balaban J connectivity index is 1.74. The summed E-state index contributed by atoms with van der Waals surface area (Å²) < 4.78 is 5.95. The van der Waals surface area contributed by atoms with Gasteiger partial charge in [0, 0.05) is 43.4 Å². The summed E-state index contributed by atoms with van der Waals surface area (Å²) in [5.41, 5.74) is 15.6. The van der Waals surface area contributed by atoms with Crippen LogP contribution >= 0.6 is 0 Å². The number of aromatic nitrogens is 1. The molecule has 0 atom stereocenters. The van der Waals surface area contributed by atoms with Gasteiger partial charge in [-0.15, -0.1) is 0 Å². The highest BCUT2D eigenvalue weighted by atomic mass is 16.5. The van der Waals surface area contributed by atoms with Gasteiger partial charge in [0.25, 0.3) is 5.91 Å². The molecule has 2 amide bonds. The molecule has 0 radical (unpaired) electrons. The summed E-state index contributed by atoms with van der Waals surface area (Å²) in [6.45, 7) is 0.262. The number of amides is 2. The molecule has 10 nitrogen and oxygen atoms in total. The number of rotatable bonds is 6. The van der Waals surface area contributed by atoms with Gasteiger partial charge in [-0.3, -0.25) is 14.6 Å².